The van der Waals surface area contributed by atoms with E-state index in [-0.39, 0.29) is 0 Å². The maximum atomic E-state index is 5.64. The second kappa shape index (κ2) is 12.8. The summed E-state index contributed by atoms with van der Waals surface area (Å²) >= 11 is 3.68. The molecule has 0 fully saturated rings. The minimum absolute atomic E-state index is 0.663. The van der Waals surface area contributed by atoms with E-state index in [0.29, 0.717) is 5.95 Å². The summed E-state index contributed by atoms with van der Waals surface area (Å²) in [6.45, 7) is 6.23. The SMILES string of the molecule is C=C/C=C\c1c(C)c2c3nc(-n4c5ccccc5c5cc6c(ccc7c8ccccc8sc67)cc54)nc(-c4cccc(-c5ccccc5)c4)c3sc2c2ccccc12. The fourth-order valence-electron chi connectivity index (χ4n) is 9.09. The lowest BCUT2D eigenvalue weighted by atomic mass is 9.95. The van der Waals surface area contributed by atoms with Crippen LogP contribution < -0.4 is 0 Å². The zero-order valence-electron chi connectivity index (χ0n) is 31.5. The average molecular weight is 776 g/mol. The number of hydrogen-bond acceptors (Lipinski definition) is 4. The second-order valence-electron chi connectivity index (χ2n) is 15.0. The van der Waals surface area contributed by atoms with Crippen LogP contribution in [0.2, 0.25) is 0 Å². The topological polar surface area (TPSA) is 30.7 Å². The summed E-state index contributed by atoms with van der Waals surface area (Å²) in [5, 5.41) is 11.1. The number of fused-ring (bicyclic) bond motifs is 13. The third kappa shape index (κ3) is 4.84. The van der Waals surface area contributed by atoms with Crippen molar-refractivity contribution in [3.63, 3.8) is 0 Å². The summed E-state index contributed by atoms with van der Waals surface area (Å²) in [4.78, 5) is 11.3. The number of nitrogens with zero attached hydrogens (tertiary/aromatic N) is 3. The second-order valence-corrected chi connectivity index (χ2v) is 17.0. The zero-order chi connectivity index (χ0) is 38.5. The van der Waals surface area contributed by atoms with E-state index in [1.807, 2.05) is 23.5 Å². The van der Waals surface area contributed by atoms with Gasteiger partial charge in [0, 0.05) is 57.4 Å². The first kappa shape index (κ1) is 33.2. The van der Waals surface area contributed by atoms with Gasteiger partial charge in [0.05, 0.1) is 26.9 Å². The van der Waals surface area contributed by atoms with Crippen LogP contribution in [-0.4, -0.2) is 14.5 Å². The summed E-state index contributed by atoms with van der Waals surface area (Å²) in [7, 11) is 0. The van der Waals surface area contributed by atoms with Gasteiger partial charge in [-0.1, -0.05) is 146 Å². The normalized spacial score (nSPS) is 12.2. The number of rotatable bonds is 5. The van der Waals surface area contributed by atoms with Crippen LogP contribution in [0.5, 0.6) is 0 Å². The molecule has 0 amide bonds. The van der Waals surface area contributed by atoms with Crippen LogP contribution in [0.4, 0.5) is 0 Å². The van der Waals surface area contributed by atoms with E-state index in [1.165, 1.54) is 79.3 Å². The molecular weight excluding hydrogens is 743 g/mol. The molecule has 8 aromatic carbocycles. The van der Waals surface area contributed by atoms with Gasteiger partial charge in [-0.25, -0.2) is 9.97 Å². The van der Waals surface area contributed by atoms with Gasteiger partial charge in [-0.2, -0.15) is 0 Å². The molecule has 4 heterocycles. The van der Waals surface area contributed by atoms with Gasteiger partial charge in [-0.3, -0.25) is 4.57 Å². The summed E-state index contributed by atoms with van der Waals surface area (Å²) in [5.41, 5.74) is 9.86. The first-order chi connectivity index (χ1) is 28.6. The number of thiophene rings is 2. The molecule has 0 atom stereocenters. The minimum atomic E-state index is 0.663. The van der Waals surface area contributed by atoms with Crippen molar-refractivity contribution < 1.29 is 0 Å². The highest BCUT2D eigenvalue weighted by Gasteiger charge is 2.24. The van der Waals surface area contributed by atoms with Gasteiger partial charge in [0.2, 0.25) is 5.95 Å². The molecule has 0 aliphatic rings. The summed E-state index contributed by atoms with van der Waals surface area (Å²) in [5.74, 6) is 0.663. The molecule has 0 bridgehead atoms. The van der Waals surface area contributed by atoms with Crippen LogP contribution in [0.3, 0.4) is 0 Å². The third-order valence-electron chi connectivity index (χ3n) is 11.8. The molecule has 0 radical (unpaired) electrons. The number of aromatic nitrogens is 3. The molecule has 272 valence electrons. The average Bonchev–Trinajstić information content (AvgIpc) is 3.96. The largest absolute Gasteiger partial charge is 0.278 e. The van der Waals surface area contributed by atoms with Crippen molar-refractivity contribution in [3.05, 3.63) is 182 Å². The summed E-state index contributed by atoms with van der Waals surface area (Å²) in [6, 6.07) is 54.9. The highest BCUT2D eigenvalue weighted by molar-refractivity contribution is 7.27. The van der Waals surface area contributed by atoms with E-state index >= 15 is 0 Å². The lowest BCUT2D eigenvalue weighted by molar-refractivity contribution is 1.02. The van der Waals surface area contributed by atoms with Crippen molar-refractivity contribution in [2.75, 3.05) is 0 Å². The van der Waals surface area contributed by atoms with Crippen LogP contribution in [-0.2, 0) is 0 Å². The molecule has 12 rings (SSSR count). The summed E-state index contributed by atoms with van der Waals surface area (Å²) in [6.07, 6.45) is 6.07. The fraction of sp³-hybridized carbons (Fsp3) is 0.0189. The molecule has 0 N–H and O–H groups in total. The molecule has 0 saturated carbocycles. The molecule has 0 saturated heterocycles. The Morgan fingerprint density at radius 3 is 2.12 bits per heavy atom. The van der Waals surface area contributed by atoms with Crippen molar-refractivity contribution in [2.24, 2.45) is 0 Å². The molecular formula is C53H33N3S2. The number of hydrogen-bond donors (Lipinski definition) is 0. The first-order valence-electron chi connectivity index (χ1n) is 19.5. The van der Waals surface area contributed by atoms with Crippen LogP contribution >= 0.6 is 22.7 Å². The first-order valence-corrected chi connectivity index (χ1v) is 21.2. The van der Waals surface area contributed by atoms with Crippen molar-refractivity contribution in [1.29, 1.82) is 0 Å². The van der Waals surface area contributed by atoms with E-state index < -0.39 is 0 Å². The number of benzene rings is 8. The van der Waals surface area contributed by atoms with Crippen molar-refractivity contribution in [3.8, 4) is 28.3 Å². The lowest BCUT2D eigenvalue weighted by Gasteiger charge is -2.12. The van der Waals surface area contributed by atoms with E-state index in [1.54, 1.807) is 11.3 Å². The van der Waals surface area contributed by atoms with Gasteiger partial charge < -0.3 is 0 Å². The Morgan fingerprint density at radius 1 is 0.534 bits per heavy atom. The molecule has 0 spiro atoms. The van der Waals surface area contributed by atoms with Crippen molar-refractivity contribution in [1.82, 2.24) is 14.5 Å². The molecule has 5 heteroatoms. The third-order valence-corrected chi connectivity index (χ3v) is 14.2. The Balaban J connectivity index is 1.21. The van der Waals surface area contributed by atoms with E-state index in [0.717, 1.165) is 38.1 Å². The molecule has 0 aliphatic carbocycles. The highest BCUT2D eigenvalue weighted by Crippen LogP contribution is 2.47. The number of para-hydroxylation sites is 1. The molecule has 12 aromatic rings. The molecule has 58 heavy (non-hydrogen) atoms. The molecule has 3 nitrogen and oxygen atoms in total. The molecule has 4 aromatic heterocycles. The van der Waals surface area contributed by atoms with Gasteiger partial charge in [0.1, 0.15) is 0 Å². The van der Waals surface area contributed by atoms with Crippen LogP contribution in [0.25, 0.3) is 118 Å². The Labute approximate surface area is 342 Å². The quantitative estimate of drug-likeness (QED) is 0.163. The van der Waals surface area contributed by atoms with E-state index in [2.05, 4.69) is 176 Å². The number of aryl methyl sites for hydroxylation is 1. The van der Waals surface area contributed by atoms with Crippen molar-refractivity contribution in [2.45, 2.75) is 6.92 Å². The predicted octanol–water partition coefficient (Wildman–Crippen LogP) is 15.5. The Hall–Kier alpha value is -6.92. The smallest absolute Gasteiger partial charge is 0.235 e. The van der Waals surface area contributed by atoms with Gasteiger partial charge >= 0.3 is 0 Å². The standard InChI is InChI=1S/C53H33N3S2/c1-3-4-19-36-31(2)47-49-52(58-51(47)40-23-9-8-20-37(36)40)48(35-18-14-17-33(28-35)32-15-6-5-7-16-32)54-53(55-49)56-44-24-12-10-21-38(44)43-30-42-34(29-45(43)56)26-27-41-39-22-11-13-25-46(39)57-50(41)42/h3-30H,1H2,2H3/b19-4-. The van der Waals surface area contributed by atoms with Crippen LogP contribution in [0.1, 0.15) is 11.1 Å². The Morgan fingerprint density at radius 2 is 1.26 bits per heavy atom. The van der Waals surface area contributed by atoms with Crippen LogP contribution in [0.15, 0.2) is 170 Å². The highest BCUT2D eigenvalue weighted by atomic mass is 32.1. The molecule has 0 aliphatic heterocycles. The predicted molar refractivity (Wildman–Crippen MR) is 252 cm³/mol. The lowest BCUT2D eigenvalue weighted by Crippen LogP contribution is -2.03. The van der Waals surface area contributed by atoms with Gasteiger partial charge in [0.25, 0.3) is 0 Å². The van der Waals surface area contributed by atoms with Gasteiger partial charge in [-0.15, -0.1) is 22.7 Å². The van der Waals surface area contributed by atoms with E-state index in [4.69, 9.17) is 9.97 Å². The fourth-order valence-corrected chi connectivity index (χ4v) is 11.7. The minimum Gasteiger partial charge on any atom is -0.278 e. The molecule has 0 unspecified atom stereocenters. The Bertz CT molecular complexity index is 3710. The van der Waals surface area contributed by atoms with Gasteiger partial charge in [-0.05, 0) is 70.3 Å². The monoisotopic (exact) mass is 775 g/mol. The Kier molecular flexibility index (Phi) is 7.34. The number of allylic oxidation sites excluding steroid dienone is 2. The van der Waals surface area contributed by atoms with Crippen molar-refractivity contribution >= 4 is 113 Å². The maximum absolute atomic E-state index is 5.64. The maximum Gasteiger partial charge on any atom is 0.235 e. The summed E-state index contributed by atoms with van der Waals surface area (Å²) < 4.78 is 7.24. The van der Waals surface area contributed by atoms with Crippen LogP contribution in [0, 0.1) is 6.92 Å². The van der Waals surface area contributed by atoms with Gasteiger partial charge in [0.15, 0.2) is 0 Å². The zero-order valence-corrected chi connectivity index (χ0v) is 33.2. The van der Waals surface area contributed by atoms with E-state index in [9.17, 15) is 0 Å².